The molecule has 0 saturated carbocycles. The lowest BCUT2D eigenvalue weighted by molar-refractivity contribution is -0.123. The molecule has 3 atom stereocenters. The Morgan fingerprint density at radius 1 is 0.654 bits per heavy atom. The topological polar surface area (TPSA) is 131 Å². The number of aliphatic hydroxyl groups excluding tert-OH is 1. The predicted molar refractivity (Wildman–Crippen MR) is 221 cm³/mol. The average molecular weight is 751 g/mol. The van der Waals surface area contributed by atoms with Gasteiger partial charge in [-0.25, -0.2) is 4.57 Å². The van der Waals surface area contributed by atoms with Gasteiger partial charge in [-0.1, -0.05) is 158 Å². The Kier molecular flexibility index (Phi) is 37.6. The van der Waals surface area contributed by atoms with E-state index in [0.29, 0.717) is 6.42 Å². The summed E-state index contributed by atoms with van der Waals surface area (Å²) in [5.74, 6) is -0.215. The minimum absolute atomic E-state index is 0.0691. The number of carbonyl (C=O) groups is 1. The van der Waals surface area contributed by atoms with Crippen molar-refractivity contribution in [1.29, 1.82) is 0 Å². The average Bonchev–Trinajstić information content (AvgIpc) is 3.13. The summed E-state index contributed by atoms with van der Waals surface area (Å²) in [4.78, 5) is 22.6. The van der Waals surface area contributed by atoms with Gasteiger partial charge in [0.2, 0.25) is 5.91 Å². The molecule has 0 rings (SSSR count). The van der Waals surface area contributed by atoms with Gasteiger partial charge in [0.1, 0.15) is 0 Å². The maximum absolute atomic E-state index is 12.7. The van der Waals surface area contributed by atoms with Crippen LogP contribution in [0.3, 0.4) is 0 Å². The molecule has 0 aromatic rings. The number of hydrogen-bond acceptors (Lipinski definition) is 6. The molecule has 0 saturated heterocycles. The summed E-state index contributed by atoms with van der Waals surface area (Å²) in [5.41, 5.74) is 5.35. The highest BCUT2D eigenvalue weighted by atomic mass is 31.2. The van der Waals surface area contributed by atoms with Crippen LogP contribution in [0.2, 0.25) is 0 Å². The third kappa shape index (κ3) is 36.6. The molecule has 9 heteroatoms. The molecular formula is C43H79N2O6P. The Bertz CT molecular complexity index is 996. The van der Waals surface area contributed by atoms with Crippen LogP contribution in [-0.4, -0.2) is 47.8 Å². The first-order valence-electron chi connectivity index (χ1n) is 20.9. The molecule has 0 aliphatic rings. The van der Waals surface area contributed by atoms with E-state index in [9.17, 15) is 19.4 Å². The fourth-order valence-corrected chi connectivity index (χ4v) is 6.43. The molecule has 0 aliphatic heterocycles. The number of allylic oxidation sites excluding steroid dienone is 9. The van der Waals surface area contributed by atoms with Crippen LogP contribution in [0, 0.1) is 0 Å². The molecule has 1 amide bonds. The molecule has 0 aromatic carbocycles. The predicted octanol–water partition coefficient (Wildman–Crippen LogP) is 11.5. The second-order valence-corrected chi connectivity index (χ2v) is 15.2. The smallest absolute Gasteiger partial charge is 0.387 e. The van der Waals surface area contributed by atoms with Gasteiger partial charge in [0.05, 0.1) is 25.4 Å². The van der Waals surface area contributed by atoms with Crippen molar-refractivity contribution in [3.63, 3.8) is 0 Å². The minimum atomic E-state index is -4.35. The van der Waals surface area contributed by atoms with Crippen molar-refractivity contribution in [2.24, 2.45) is 5.73 Å². The summed E-state index contributed by atoms with van der Waals surface area (Å²) in [6.45, 7) is 3.95. The highest BCUT2D eigenvalue weighted by Crippen LogP contribution is 2.43. The lowest BCUT2D eigenvalue weighted by atomic mass is 10.0. The third-order valence-electron chi connectivity index (χ3n) is 8.80. The van der Waals surface area contributed by atoms with Gasteiger partial charge in [0.25, 0.3) is 0 Å². The molecule has 0 fully saturated rings. The van der Waals surface area contributed by atoms with Gasteiger partial charge in [0.15, 0.2) is 0 Å². The number of nitrogens with two attached hydrogens (primary N) is 1. The van der Waals surface area contributed by atoms with Crippen LogP contribution in [0.25, 0.3) is 0 Å². The van der Waals surface area contributed by atoms with Crippen LogP contribution < -0.4 is 11.1 Å². The van der Waals surface area contributed by atoms with Crippen LogP contribution in [0.5, 0.6) is 0 Å². The Morgan fingerprint density at radius 2 is 1.13 bits per heavy atom. The zero-order valence-electron chi connectivity index (χ0n) is 33.3. The van der Waals surface area contributed by atoms with Crippen LogP contribution in [0.15, 0.2) is 60.8 Å². The van der Waals surface area contributed by atoms with Crippen molar-refractivity contribution >= 4 is 13.7 Å². The molecule has 0 bridgehead atoms. The molecule has 0 radical (unpaired) electrons. The quantitative estimate of drug-likeness (QED) is 0.0281. The zero-order chi connectivity index (χ0) is 38.2. The molecule has 0 aromatic heterocycles. The summed E-state index contributed by atoms with van der Waals surface area (Å²) < 4.78 is 22.0. The first kappa shape index (κ1) is 50.2. The molecular weight excluding hydrogens is 671 g/mol. The highest BCUT2D eigenvalue weighted by molar-refractivity contribution is 7.47. The van der Waals surface area contributed by atoms with Crippen molar-refractivity contribution in [2.45, 2.75) is 187 Å². The van der Waals surface area contributed by atoms with Gasteiger partial charge in [-0.05, 0) is 70.6 Å². The first-order chi connectivity index (χ1) is 25.4. The van der Waals surface area contributed by atoms with Gasteiger partial charge < -0.3 is 21.1 Å². The van der Waals surface area contributed by atoms with Crippen LogP contribution in [0.4, 0.5) is 0 Å². The van der Waals surface area contributed by atoms with Crippen molar-refractivity contribution in [3.8, 4) is 0 Å². The van der Waals surface area contributed by atoms with Gasteiger partial charge in [-0.3, -0.25) is 13.8 Å². The van der Waals surface area contributed by atoms with Crippen molar-refractivity contribution in [3.05, 3.63) is 60.8 Å². The number of phosphoric acid groups is 1. The SMILES string of the molecule is CC/C=C/CC/C=C/CC/C=C/C(O)C(COP(=O)(O)OCCN)NC(=O)CCCCCCCCCCCCC/C=C\C/C=C\CCCCCCC. The van der Waals surface area contributed by atoms with E-state index in [1.807, 2.05) is 6.08 Å². The second-order valence-electron chi connectivity index (χ2n) is 13.8. The molecule has 0 heterocycles. The zero-order valence-corrected chi connectivity index (χ0v) is 34.2. The van der Waals surface area contributed by atoms with E-state index in [1.165, 1.54) is 96.3 Å². The minimum Gasteiger partial charge on any atom is -0.387 e. The molecule has 302 valence electrons. The maximum Gasteiger partial charge on any atom is 0.472 e. The van der Waals surface area contributed by atoms with E-state index >= 15 is 0 Å². The van der Waals surface area contributed by atoms with Crippen LogP contribution in [-0.2, 0) is 18.4 Å². The second kappa shape index (κ2) is 38.9. The van der Waals surface area contributed by atoms with Gasteiger partial charge in [-0.2, -0.15) is 0 Å². The number of unbranched alkanes of at least 4 members (excludes halogenated alkanes) is 18. The van der Waals surface area contributed by atoms with Gasteiger partial charge in [-0.15, -0.1) is 0 Å². The van der Waals surface area contributed by atoms with Gasteiger partial charge in [0, 0.05) is 13.0 Å². The van der Waals surface area contributed by atoms with Crippen LogP contribution >= 0.6 is 7.82 Å². The lowest BCUT2D eigenvalue weighted by Crippen LogP contribution is -2.45. The fraction of sp³-hybridized carbons (Fsp3) is 0.744. The monoisotopic (exact) mass is 751 g/mol. The Hall–Kier alpha value is -1.80. The fourth-order valence-electron chi connectivity index (χ4n) is 5.67. The van der Waals surface area contributed by atoms with Crippen LogP contribution in [0.1, 0.15) is 174 Å². The number of carbonyl (C=O) groups excluding carboxylic acids is 1. The molecule has 0 aliphatic carbocycles. The summed E-state index contributed by atoms with van der Waals surface area (Å²) in [6, 6.07) is -0.884. The molecule has 5 N–H and O–H groups in total. The van der Waals surface area contributed by atoms with E-state index in [0.717, 1.165) is 57.8 Å². The van der Waals surface area contributed by atoms with E-state index in [4.69, 9.17) is 14.8 Å². The molecule has 8 nitrogen and oxygen atoms in total. The van der Waals surface area contributed by atoms with E-state index < -0.39 is 20.0 Å². The van der Waals surface area contributed by atoms with Gasteiger partial charge >= 0.3 is 7.82 Å². The maximum atomic E-state index is 12.7. The van der Waals surface area contributed by atoms with E-state index in [-0.39, 0.29) is 25.7 Å². The van der Waals surface area contributed by atoms with E-state index in [2.05, 4.69) is 67.8 Å². The van der Waals surface area contributed by atoms with Crippen molar-refractivity contribution in [1.82, 2.24) is 5.32 Å². The third-order valence-corrected chi connectivity index (χ3v) is 9.79. The number of phosphoric ester groups is 1. The number of aliphatic hydroxyl groups is 1. The highest BCUT2D eigenvalue weighted by Gasteiger charge is 2.26. The summed E-state index contributed by atoms with van der Waals surface area (Å²) in [6.07, 6.45) is 48.6. The van der Waals surface area contributed by atoms with E-state index in [1.54, 1.807) is 6.08 Å². The number of amides is 1. The Labute approximate surface area is 319 Å². The lowest BCUT2D eigenvalue weighted by Gasteiger charge is -2.23. The van der Waals surface area contributed by atoms with Crippen molar-refractivity contribution < 1.29 is 28.4 Å². The number of rotatable bonds is 38. The first-order valence-corrected chi connectivity index (χ1v) is 22.4. The molecule has 0 spiro atoms. The Morgan fingerprint density at radius 3 is 1.67 bits per heavy atom. The molecule has 3 unspecified atom stereocenters. The number of nitrogens with one attached hydrogen (secondary N) is 1. The molecule has 52 heavy (non-hydrogen) atoms. The summed E-state index contributed by atoms with van der Waals surface area (Å²) in [5, 5.41) is 13.6. The standard InChI is InChI=1S/C43H79N2O6P/c1-3-5-7-9-11-13-15-16-17-18-19-20-21-22-23-24-25-26-27-29-31-33-35-37-43(47)45-41(40-51-52(48,49)50-39-38-44)42(46)36-34-32-30-28-14-12-10-8-6-4-2/h6,8,14-16,18-19,28,34,36,41-42,46H,3-5,7,9-13,17,20-27,29-33,35,37-40,44H2,1-2H3,(H,45,47)(H,48,49)/b8-6+,16-15-,19-18-,28-14+,36-34+. The van der Waals surface area contributed by atoms with Crippen molar-refractivity contribution in [2.75, 3.05) is 19.8 Å². The normalized spacial score (nSPS) is 14.8. The Balaban J connectivity index is 4.12. The number of hydrogen-bond donors (Lipinski definition) is 4. The summed E-state index contributed by atoms with van der Waals surface area (Å²) >= 11 is 0. The summed E-state index contributed by atoms with van der Waals surface area (Å²) in [7, 11) is -4.35. The largest absolute Gasteiger partial charge is 0.472 e.